The van der Waals surface area contributed by atoms with Gasteiger partial charge in [0.25, 0.3) is 0 Å². The minimum Gasteiger partial charge on any atom is -0.383 e. The molecule has 0 radical (unpaired) electrons. The predicted octanol–water partition coefficient (Wildman–Crippen LogP) is 1.61. The molecule has 0 saturated heterocycles. The monoisotopic (exact) mass is 260 g/mol. The maximum atomic E-state index is 5.58. The van der Waals surface area contributed by atoms with Crippen molar-refractivity contribution in [1.82, 2.24) is 14.4 Å². The number of hydrogen-bond acceptors (Lipinski definition) is 4. The van der Waals surface area contributed by atoms with Gasteiger partial charge in [-0.25, -0.2) is 9.97 Å². The first-order chi connectivity index (χ1) is 5.81. The van der Waals surface area contributed by atoms with Gasteiger partial charge in [-0.3, -0.25) is 4.40 Å². The molecule has 0 bridgehead atoms. The average Bonchev–Trinajstić information content (AvgIpc) is 2.50. The maximum Gasteiger partial charge on any atom is 0.175 e. The van der Waals surface area contributed by atoms with Crippen LogP contribution in [0.4, 0.5) is 5.82 Å². The number of rotatable bonds is 1. The fraction of sp³-hybridized carbons (Fsp3) is 0.143. The van der Waals surface area contributed by atoms with Gasteiger partial charge in [-0.15, -0.1) is 17.0 Å². The molecule has 13 heavy (non-hydrogen) atoms. The molecule has 2 N–H and O–H groups in total. The van der Waals surface area contributed by atoms with Crippen LogP contribution < -0.4 is 5.73 Å². The Morgan fingerprint density at radius 1 is 1.54 bits per heavy atom. The molecule has 0 aliphatic heterocycles. The van der Waals surface area contributed by atoms with Crippen molar-refractivity contribution in [2.75, 3.05) is 12.0 Å². The van der Waals surface area contributed by atoms with Crippen molar-refractivity contribution in [3.63, 3.8) is 0 Å². The molecule has 6 heteroatoms. The molecular formula is C7H9BrN4S. The highest BCUT2D eigenvalue weighted by Gasteiger charge is 2.01. The van der Waals surface area contributed by atoms with Gasteiger partial charge >= 0.3 is 0 Å². The molecule has 0 atom stereocenters. The Hall–Kier alpha value is -0.750. The van der Waals surface area contributed by atoms with E-state index in [-0.39, 0.29) is 17.0 Å². The van der Waals surface area contributed by atoms with E-state index in [1.165, 1.54) is 0 Å². The summed E-state index contributed by atoms with van der Waals surface area (Å²) in [4.78, 5) is 8.27. The summed E-state index contributed by atoms with van der Waals surface area (Å²) in [5, 5.41) is 0.863. The molecule has 0 aliphatic carbocycles. The van der Waals surface area contributed by atoms with Gasteiger partial charge in [0.1, 0.15) is 11.5 Å². The van der Waals surface area contributed by atoms with Gasteiger partial charge in [-0.05, 0) is 6.26 Å². The second kappa shape index (κ2) is 3.97. The van der Waals surface area contributed by atoms with E-state index in [1.54, 1.807) is 24.0 Å². The number of anilines is 1. The topological polar surface area (TPSA) is 56.2 Å². The zero-order valence-electron chi connectivity index (χ0n) is 6.97. The molecule has 4 nitrogen and oxygen atoms in total. The summed E-state index contributed by atoms with van der Waals surface area (Å²) in [5.41, 5.74) is 6.42. The lowest BCUT2D eigenvalue weighted by Gasteiger charge is -2.01. The first-order valence-electron chi connectivity index (χ1n) is 3.45. The van der Waals surface area contributed by atoms with Gasteiger partial charge in [0, 0.05) is 18.5 Å². The van der Waals surface area contributed by atoms with Crippen LogP contribution in [0.5, 0.6) is 0 Å². The number of aromatic nitrogens is 3. The normalized spacial score (nSPS) is 9.92. The van der Waals surface area contributed by atoms with Gasteiger partial charge in [-0.2, -0.15) is 0 Å². The van der Waals surface area contributed by atoms with Crippen molar-refractivity contribution in [2.45, 2.75) is 5.16 Å². The van der Waals surface area contributed by atoms with E-state index in [2.05, 4.69) is 9.97 Å². The van der Waals surface area contributed by atoms with E-state index in [1.807, 2.05) is 16.9 Å². The van der Waals surface area contributed by atoms with Crippen molar-refractivity contribution in [2.24, 2.45) is 0 Å². The van der Waals surface area contributed by atoms with Crippen LogP contribution in [-0.4, -0.2) is 20.6 Å². The van der Waals surface area contributed by atoms with Gasteiger partial charge in [-0.1, -0.05) is 11.8 Å². The minimum absolute atomic E-state index is 0. The molecule has 0 saturated carbocycles. The Balaban J connectivity index is 0.000000845. The van der Waals surface area contributed by atoms with E-state index in [0.717, 1.165) is 10.8 Å². The first kappa shape index (κ1) is 10.3. The summed E-state index contributed by atoms with van der Waals surface area (Å²) >= 11 is 1.55. The number of hydrogen-bond donors (Lipinski definition) is 1. The number of thioether (sulfide) groups is 1. The highest BCUT2D eigenvalue weighted by Crippen LogP contribution is 2.15. The quantitative estimate of drug-likeness (QED) is 0.626. The highest BCUT2D eigenvalue weighted by atomic mass is 79.9. The molecule has 0 unspecified atom stereocenters. The lowest BCUT2D eigenvalue weighted by Crippen LogP contribution is -1.97. The van der Waals surface area contributed by atoms with E-state index >= 15 is 0 Å². The van der Waals surface area contributed by atoms with Crippen molar-refractivity contribution >= 4 is 40.2 Å². The van der Waals surface area contributed by atoms with Gasteiger partial charge in [0.2, 0.25) is 0 Å². The summed E-state index contributed by atoms with van der Waals surface area (Å²) in [5.74, 6) is 0.512. The van der Waals surface area contributed by atoms with E-state index < -0.39 is 0 Å². The molecule has 70 valence electrons. The van der Waals surface area contributed by atoms with Gasteiger partial charge < -0.3 is 5.73 Å². The molecule has 0 amide bonds. The van der Waals surface area contributed by atoms with E-state index in [0.29, 0.717) is 5.82 Å². The van der Waals surface area contributed by atoms with Crippen LogP contribution in [-0.2, 0) is 0 Å². The third-order valence-electron chi connectivity index (χ3n) is 1.56. The Labute approximate surface area is 90.3 Å². The van der Waals surface area contributed by atoms with Crippen LogP contribution in [0.3, 0.4) is 0 Å². The minimum atomic E-state index is 0. The molecular weight excluding hydrogens is 252 g/mol. The van der Waals surface area contributed by atoms with Crippen molar-refractivity contribution in [1.29, 1.82) is 0 Å². The number of nitrogen functional groups attached to an aromatic ring is 1. The van der Waals surface area contributed by atoms with Crippen LogP contribution in [0.25, 0.3) is 5.65 Å². The fourth-order valence-corrected chi connectivity index (χ4v) is 1.60. The number of imidazole rings is 1. The van der Waals surface area contributed by atoms with Crippen LogP contribution in [0.15, 0.2) is 23.6 Å². The van der Waals surface area contributed by atoms with E-state index in [4.69, 9.17) is 5.73 Å². The summed E-state index contributed by atoms with van der Waals surface area (Å²) in [6.45, 7) is 0. The van der Waals surface area contributed by atoms with Crippen LogP contribution in [0.1, 0.15) is 0 Å². The smallest absolute Gasteiger partial charge is 0.175 e. The van der Waals surface area contributed by atoms with Crippen molar-refractivity contribution < 1.29 is 0 Å². The predicted molar refractivity (Wildman–Crippen MR) is 59.5 cm³/mol. The first-order valence-corrected chi connectivity index (χ1v) is 4.67. The van der Waals surface area contributed by atoms with Gasteiger partial charge in [0.15, 0.2) is 5.16 Å². The Morgan fingerprint density at radius 2 is 2.31 bits per heavy atom. The molecule has 2 rings (SSSR count). The number of fused-ring (bicyclic) bond motifs is 1. The summed E-state index contributed by atoms with van der Waals surface area (Å²) < 4.78 is 1.90. The van der Waals surface area contributed by atoms with E-state index in [9.17, 15) is 0 Å². The van der Waals surface area contributed by atoms with Crippen molar-refractivity contribution in [3.05, 3.63) is 18.5 Å². The summed E-state index contributed by atoms with van der Waals surface area (Å²) in [7, 11) is 0. The summed E-state index contributed by atoms with van der Waals surface area (Å²) in [6, 6.07) is 1.75. The Kier molecular flexibility index (Phi) is 3.16. The third-order valence-corrected chi connectivity index (χ3v) is 2.21. The zero-order valence-corrected chi connectivity index (χ0v) is 9.50. The number of nitrogens with two attached hydrogens (primary N) is 1. The van der Waals surface area contributed by atoms with Crippen LogP contribution >= 0.6 is 28.7 Å². The molecule has 2 heterocycles. The highest BCUT2D eigenvalue weighted by molar-refractivity contribution is 8.93. The Morgan fingerprint density at radius 3 is 3.00 bits per heavy atom. The molecule has 2 aromatic heterocycles. The standard InChI is InChI=1S/C7H8N4S.BrH/c1-12-7-10-5(8)4-6-9-2-3-11(6)7;/h2-4H,8H2,1H3;1H. The summed E-state index contributed by atoms with van der Waals surface area (Å²) in [6.07, 6.45) is 5.56. The zero-order chi connectivity index (χ0) is 8.55. The molecule has 2 aromatic rings. The molecule has 0 fully saturated rings. The number of halogens is 1. The second-order valence-electron chi connectivity index (χ2n) is 2.32. The number of nitrogens with zero attached hydrogens (tertiary/aromatic N) is 3. The van der Waals surface area contributed by atoms with Crippen LogP contribution in [0.2, 0.25) is 0 Å². The molecule has 0 aliphatic rings. The largest absolute Gasteiger partial charge is 0.383 e. The average molecular weight is 261 g/mol. The second-order valence-corrected chi connectivity index (χ2v) is 3.10. The van der Waals surface area contributed by atoms with Crippen LogP contribution in [0, 0.1) is 0 Å². The fourth-order valence-electron chi connectivity index (χ4n) is 1.06. The lowest BCUT2D eigenvalue weighted by molar-refractivity contribution is 0.912. The maximum absolute atomic E-state index is 5.58. The Bertz CT molecular complexity index is 414. The SMILES string of the molecule is Br.CSc1nc(N)cc2nccn12. The van der Waals surface area contributed by atoms with Gasteiger partial charge in [0.05, 0.1) is 0 Å². The van der Waals surface area contributed by atoms with Crippen molar-refractivity contribution in [3.8, 4) is 0 Å². The lowest BCUT2D eigenvalue weighted by atomic mass is 10.6. The molecule has 0 aromatic carbocycles. The molecule has 0 spiro atoms. The third kappa shape index (κ3) is 1.78.